The highest BCUT2D eigenvalue weighted by Gasteiger charge is 2.37. The van der Waals surface area contributed by atoms with E-state index in [0.29, 0.717) is 0 Å². The van der Waals surface area contributed by atoms with Gasteiger partial charge >= 0.3 is 0 Å². The predicted molar refractivity (Wildman–Crippen MR) is 293 cm³/mol. The zero-order chi connectivity index (χ0) is 46.9. The summed E-state index contributed by atoms with van der Waals surface area (Å²) in [5, 5.41) is 4.73. The third-order valence-corrected chi connectivity index (χ3v) is 15.9. The molecule has 0 atom stereocenters. The van der Waals surface area contributed by atoms with Gasteiger partial charge in [0.15, 0.2) is 0 Å². The summed E-state index contributed by atoms with van der Waals surface area (Å²) in [6, 6.07) is 80.7. The smallest absolute Gasteiger partial charge is 0.136 e. The highest BCUT2D eigenvalue weighted by Crippen LogP contribution is 2.52. The van der Waals surface area contributed by atoms with Crippen LogP contribution in [0.1, 0.15) is 55.5 Å². The number of aromatic nitrogens is 1. The van der Waals surface area contributed by atoms with Crippen LogP contribution in [0.5, 0.6) is 0 Å². The average molecular weight is 899 g/mol. The number of fused-ring (bicyclic) bond motifs is 12. The first kappa shape index (κ1) is 40.6. The van der Waals surface area contributed by atoms with Gasteiger partial charge in [-0.2, -0.15) is 0 Å². The van der Waals surface area contributed by atoms with Crippen LogP contribution in [-0.4, -0.2) is 4.57 Å². The molecular formula is C67H50N2O. The van der Waals surface area contributed by atoms with E-state index in [9.17, 15) is 0 Å². The molecule has 0 unspecified atom stereocenters. The van der Waals surface area contributed by atoms with Crippen LogP contribution in [0, 0.1) is 0 Å². The van der Waals surface area contributed by atoms with E-state index in [1.165, 1.54) is 83.1 Å². The summed E-state index contributed by atoms with van der Waals surface area (Å²) >= 11 is 0. The normalized spacial score (nSPS) is 14.0. The Balaban J connectivity index is 0.858. The Labute approximate surface area is 408 Å². The maximum atomic E-state index is 6.60. The molecule has 10 aromatic carbocycles. The molecule has 0 N–H and O–H groups in total. The van der Waals surface area contributed by atoms with Crippen LogP contribution < -0.4 is 4.90 Å². The number of hydrogen-bond acceptors (Lipinski definition) is 2. The van der Waals surface area contributed by atoms with Crippen LogP contribution >= 0.6 is 0 Å². The quantitative estimate of drug-likeness (QED) is 0.159. The highest BCUT2D eigenvalue weighted by atomic mass is 16.3. The van der Waals surface area contributed by atoms with Crippen molar-refractivity contribution < 1.29 is 4.42 Å². The molecule has 0 saturated heterocycles. The molecule has 2 aliphatic carbocycles. The molecule has 0 amide bonds. The van der Waals surface area contributed by atoms with Gasteiger partial charge in [0.05, 0.1) is 11.0 Å². The van der Waals surface area contributed by atoms with Gasteiger partial charge in [-0.05, 0) is 145 Å². The fourth-order valence-corrected chi connectivity index (χ4v) is 12.3. The first-order valence-electron chi connectivity index (χ1n) is 24.6. The predicted octanol–water partition coefficient (Wildman–Crippen LogP) is 18.0. The Morgan fingerprint density at radius 1 is 0.386 bits per heavy atom. The third kappa shape index (κ3) is 6.01. The number of anilines is 2. The molecular weight excluding hydrogens is 849 g/mol. The molecule has 2 aliphatic rings. The minimum atomic E-state index is -0.109. The van der Waals surface area contributed by atoms with Crippen LogP contribution in [0.3, 0.4) is 0 Å². The molecule has 2 heterocycles. The van der Waals surface area contributed by atoms with Crippen LogP contribution in [0.2, 0.25) is 0 Å². The molecule has 0 radical (unpaired) electrons. The summed E-state index contributed by atoms with van der Waals surface area (Å²) in [4.78, 5) is 2.51. The molecule has 12 aromatic rings. The molecule has 334 valence electrons. The van der Waals surface area contributed by atoms with Crippen molar-refractivity contribution >= 4 is 55.1 Å². The molecule has 0 saturated carbocycles. The Morgan fingerprint density at radius 3 is 1.71 bits per heavy atom. The number of hydrogen-bond donors (Lipinski definition) is 0. The zero-order valence-electron chi connectivity index (χ0n) is 39.8. The van der Waals surface area contributed by atoms with Gasteiger partial charge in [0, 0.05) is 56.0 Å². The number of furan rings is 1. The van der Waals surface area contributed by atoms with Gasteiger partial charge in [-0.25, -0.2) is 0 Å². The van der Waals surface area contributed by atoms with E-state index in [-0.39, 0.29) is 10.8 Å². The lowest BCUT2D eigenvalue weighted by Gasteiger charge is -2.29. The van der Waals surface area contributed by atoms with Crippen LogP contribution in [0.15, 0.2) is 223 Å². The minimum absolute atomic E-state index is 0.0747. The fourth-order valence-electron chi connectivity index (χ4n) is 12.3. The Morgan fingerprint density at radius 2 is 0.957 bits per heavy atom. The van der Waals surface area contributed by atoms with E-state index < -0.39 is 0 Å². The first-order valence-corrected chi connectivity index (χ1v) is 24.6. The Kier molecular flexibility index (Phi) is 8.74. The van der Waals surface area contributed by atoms with Crippen LogP contribution in [0.25, 0.3) is 93.9 Å². The van der Waals surface area contributed by atoms with E-state index >= 15 is 0 Å². The van der Waals surface area contributed by atoms with Crippen molar-refractivity contribution in [2.45, 2.75) is 45.1 Å². The zero-order valence-corrected chi connectivity index (χ0v) is 39.8. The standard InChI is InChI=1S/C67H50N2O/c1-66(2)57-21-11-8-17-50(57)52-33-25-42(37-59(52)66)41-68(48-32-34-53-51-18-9-12-22-58(51)67(3,4)60(53)40-48)46-30-26-43(27-31-46)49-20-14-24-64-65(49)56-39-45(29-36-63(56)70-64)44-28-35-62-55(38-44)54-19-10-13-23-61(54)69(62)47-15-6-5-7-16-47/h5-40H,41H2,1-4H3. The van der Waals surface area contributed by atoms with E-state index in [1.54, 1.807) is 0 Å². The summed E-state index contributed by atoms with van der Waals surface area (Å²) < 4.78 is 8.98. The minimum Gasteiger partial charge on any atom is -0.456 e. The van der Waals surface area contributed by atoms with Crippen LogP contribution in [0.4, 0.5) is 11.4 Å². The maximum Gasteiger partial charge on any atom is 0.136 e. The van der Waals surface area contributed by atoms with Gasteiger partial charge in [0.25, 0.3) is 0 Å². The lowest BCUT2D eigenvalue weighted by Crippen LogP contribution is -2.20. The lowest BCUT2D eigenvalue weighted by atomic mass is 9.82. The van der Waals surface area contributed by atoms with Crippen molar-refractivity contribution in [1.29, 1.82) is 0 Å². The summed E-state index contributed by atoms with van der Waals surface area (Å²) in [7, 11) is 0. The second-order valence-corrected chi connectivity index (χ2v) is 20.5. The number of rotatable bonds is 7. The van der Waals surface area contributed by atoms with Gasteiger partial charge in [-0.3, -0.25) is 0 Å². The SMILES string of the molecule is CC1(C)c2ccccc2-c2ccc(CN(c3ccc(-c4cccc5oc6ccc(-c7ccc8c(c7)c7ccccc7n8-c7ccccc7)cc6c45)cc3)c3ccc4c(c3)C(C)(C)c3ccccc3-4)cc21. The van der Waals surface area contributed by atoms with Crippen molar-refractivity contribution in [3.63, 3.8) is 0 Å². The topological polar surface area (TPSA) is 21.3 Å². The molecule has 0 aliphatic heterocycles. The molecule has 2 aromatic heterocycles. The van der Waals surface area contributed by atoms with Crippen molar-refractivity contribution in [2.75, 3.05) is 4.90 Å². The van der Waals surface area contributed by atoms with Crippen molar-refractivity contribution in [1.82, 2.24) is 4.57 Å². The Bertz CT molecular complexity index is 4090. The highest BCUT2D eigenvalue weighted by molar-refractivity contribution is 6.14. The second kappa shape index (κ2) is 15.0. The van der Waals surface area contributed by atoms with Gasteiger partial charge in [0.2, 0.25) is 0 Å². The molecule has 0 bridgehead atoms. The summed E-state index contributed by atoms with van der Waals surface area (Å²) in [5.41, 5.74) is 24.4. The fraction of sp³-hybridized carbons (Fsp3) is 0.104. The molecule has 0 fully saturated rings. The Hall–Kier alpha value is -8.40. The van der Waals surface area contributed by atoms with Crippen molar-refractivity contribution in [2.24, 2.45) is 0 Å². The second-order valence-electron chi connectivity index (χ2n) is 20.5. The molecule has 3 nitrogen and oxygen atoms in total. The molecule has 0 spiro atoms. The average Bonchev–Trinajstić information content (AvgIpc) is 4.08. The maximum absolute atomic E-state index is 6.60. The summed E-state index contributed by atoms with van der Waals surface area (Å²) in [5.74, 6) is 0. The summed E-state index contributed by atoms with van der Waals surface area (Å²) in [6.07, 6.45) is 0. The molecule has 3 heteroatoms. The van der Waals surface area contributed by atoms with Gasteiger partial charge in [-0.15, -0.1) is 0 Å². The number of nitrogens with zero attached hydrogens (tertiary/aromatic N) is 2. The van der Waals surface area contributed by atoms with E-state index in [4.69, 9.17) is 4.42 Å². The van der Waals surface area contributed by atoms with Gasteiger partial charge in [-0.1, -0.05) is 173 Å². The van der Waals surface area contributed by atoms with Gasteiger partial charge < -0.3 is 13.9 Å². The van der Waals surface area contributed by atoms with Crippen LogP contribution in [-0.2, 0) is 17.4 Å². The van der Waals surface area contributed by atoms with E-state index in [0.717, 1.165) is 56.5 Å². The van der Waals surface area contributed by atoms with E-state index in [2.05, 4.69) is 256 Å². The molecule has 14 rings (SSSR count). The third-order valence-electron chi connectivity index (χ3n) is 15.9. The van der Waals surface area contributed by atoms with Gasteiger partial charge in [0.1, 0.15) is 11.2 Å². The number of para-hydroxylation sites is 2. The van der Waals surface area contributed by atoms with E-state index in [1.807, 2.05) is 0 Å². The monoisotopic (exact) mass is 898 g/mol. The first-order chi connectivity index (χ1) is 34.2. The van der Waals surface area contributed by atoms with Crippen molar-refractivity contribution in [3.05, 3.63) is 246 Å². The largest absolute Gasteiger partial charge is 0.456 e. The number of benzene rings is 10. The lowest BCUT2D eigenvalue weighted by molar-refractivity contribution is 0.658. The van der Waals surface area contributed by atoms with Crippen molar-refractivity contribution in [3.8, 4) is 50.2 Å². The molecule has 70 heavy (non-hydrogen) atoms. The summed E-state index contributed by atoms with van der Waals surface area (Å²) in [6.45, 7) is 10.2.